The molecule has 1 saturated carbocycles. The first kappa shape index (κ1) is 9.84. The van der Waals surface area contributed by atoms with Gasteiger partial charge in [-0.2, -0.15) is 0 Å². The van der Waals surface area contributed by atoms with Crippen LogP contribution < -0.4 is 5.32 Å². The van der Waals surface area contributed by atoms with E-state index in [1.807, 2.05) is 4.90 Å². The van der Waals surface area contributed by atoms with Gasteiger partial charge in [-0.3, -0.25) is 4.79 Å². The summed E-state index contributed by atoms with van der Waals surface area (Å²) in [5.74, 6) is 1.25. The number of nitrogens with one attached hydrogen (secondary N) is 1. The van der Waals surface area contributed by atoms with Crippen LogP contribution >= 0.6 is 0 Å². The predicted molar refractivity (Wildman–Crippen MR) is 57.3 cm³/mol. The highest BCUT2D eigenvalue weighted by Crippen LogP contribution is 2.41. The molecule has 1 amide bonds. The van der Waals surface area contributed by atoms with Gasteiger partial charge in [-0.15, -0.1) is 0 Å². The third kappa shape index (κ3) is 1.71. The molecule has 1 saturated heterocycles. The minimum absolute atomic E-state index is 0.0251. The zero-order valence-corrected chi connectivity index (χ0v) is 9.11. The van der Waals surface area contributed by atoms with E-state index in [1.165, 1.54) is 6.39 Å². The number of rotatable bonds is 2. The third-order valence-corrected chi connectivity index (χ3v) is 3.15. The van der Waals surface area contributed by atoms with Crippen LogP contribution in [-0.4, -0.2) is 42.0 Å². The van der Waals surface area contributed by atoms with Gasteiger partial charge in [-0.1, -0.05) is 0 Å². The van der Waals surface area contributed by atoms with Crippen LogP contribution in [-0.2, 0) is 0 Å². The van der Waals surface area contributed by atoms with E-state index in [0.717, 1.165) is 44.8 Å². The molecule has 16 heavy (non-hydrogen) atoms. The Morgan fingerprint density at radius 3 is 2.88 bits per heavy atom. The lowest BCUT2D eigenvalue weighted by Crippen LogP contribution is -2.46. The van der Waals surface area contributed by atoms with E-state index in [2.05, 4.69) is 10.3 Å². The number of carbonyl (C=O) groups is 1. The Labute approximate surface area is 93.8 Å². The van der Waals surface area contributed by atoms with Crippen LogP contribution in [0.3, 0.4) is 0 Å². The molecule has 1 aliphatic carbocycles. The Balaban J connectivity index is 1.79. The van der Waals surface area contributed by atoms with Crippen molar-refractivity contribution in [3.63, 3.8) is 0 Å². The zero-order chi connectivity index (χ0) is 11.0. The summed E-state index contributed by atoms with van der Waals surface area (Å²) in [6, 6.07) is 0. The van der Waals surface area contributed by atoms with Gasteiger partial charge in [0.1, 0.15) is 5.76 Å². The van der Waals surface area contributed by atoms with E-state index in [0.29, 0.717) is 11.6 Å². The van der Waals surface area contributed by atoms with Gasteiger partial charge < -0.3 is 14.6 Å². The monoisotopic (exact) mass is 221 g/mol. The van der Waals surface area contributed by atoms with Gasteiger partial charge >= 0.3 is 0 Å². The van der Waals surface area contributed by atoms with Crippen LogP contribution in [0.25, 0.3) is 0 Å². The van der Waals surface area contributed by atoms with Crippen molar-refractivity contribution >= 4 is 5.91 Å². The SMILES string of the molecule is O=C(c1ncoc1C1CC1)N1CCNCC1. The van der Waals surface area contributed by atoms with Gasteiger partial charge in [0.15, 0.2) is 12.1 Å². The van der Waals surface area contributed by atoms with Crippen molar-refractivity contribution < 1.29 is 9.21 Å². The average Bonchev–Trinajstić information content (AvgIpc) is 3.07. The number of carbonyl (C=O) groups excluding carboxylic acids is 1. The molecule has 0 aromatic carbocycles. The van der Waals surface area contributed by atoms with Gasteiger partial charge in [-0.05, 0) is 12.8 Å². The van der Waals surface area contributed by atoms with Crippen molar-refractivity contribution in [3.05, 3.63) is 17.8 Å². The summed E-state index contributed by atoms with van der Waals surface area (Å²) in [5, 5.41) is 3.23. The standard InChI is InChI=1S/C11H15N3O2/c15-11(14-5-3-12-4-6-14)9-10(8-1-2-8)16-7-13-9/h7-8,12H,1-6H2. The normalized spacial score (nSPS) is 21.1. The van der Waals surface area contributed by atoms with Crippen LogP contribution in [0.2, 0.25) is 0 Å². The Hall–Kier alpha value is -1.36. The maximum Gasteiger partial charge on any atom is 0.276 e. The quantitative estimate of drug-likeness (QED) is 0.794. The summed E-state index contributed by atoms with van der Waals surface area (Å²) in [5.41, 5.74) is 0.532. The van der Waals surface area contributed by atoms with Crippen molar-refractivity contribution in [1.29, 1.82) is 0 Å². The van der Waals surface area contributed by atoms with Crippen molar-refractivity contribution in [3.8, 4) is 0 Å². The Morgan fingerprint density at radius 2 is 2.19 bits per heavy atom. The lowest BCUT2D eigenvalue weighted by atomic mass is 10.2. The highest BCUT2D eigenvalue weighted by molar-refractivity contribution is 5.93. The Morgan fingerprint density at radius 1 is 1.44 bits per heavy atom. The van der Waals surface area contributed by atoms with E-state index in [-0.39, 0.29) is 5.91 Å². The molecule has 1 N–H and O–H groups in total. The number of nitrogens with zero attached hydrogens (tertiary/aromatic N) is 2. The minimum atomic E-state index is 0.0251. The van der Waals surface area contributed by atoms with Crippen LogP contribution in [0.15, 0.2) is 10.8 Å². The zero-order valence-electron chi connectivity index (χ0n) is 9.11. The summed E-state index contributed by atoms with van der Waals surface area (Å²) in [7, 11) is 0. The summed E-state index contributed by atoms with van der Waals surface area (Å²) in [6.45, 7) is 3.25. The molecule has 3 rings (SSSR count). The smallest absolute Gasteiger partial charge is 0.276 e. The molecular weight excluding hydrogens is 206 g/mol. The van der Waals surface area contributed by atoms with Gasteiger partial charge in [0, 0.05) is 32.1 Å². The van der Waals surface area contributed by atoms with E-state index in [1.54, 1.807) is 0 Å². The van der Waals surface area contributed by atoms with Crippen molar-refractivity contribution in [2.24, 2.45) is 0 Å². The molecule has 5 nitrogen and oxygen atoms in total. The fraction of sp³-hybridized carbons (Fsp3) is 0.636. The second-order valence-electron chi connectivity index (χ2n) is 4.38. The molecule has 0 unspecified atom stereocenters. The summed E-state index contributed by atoms with van der Waals surface area (Å²) in [4.78, 5) is 18.1. The van der Waals surface area contributed by atoms with Crippen molar-refractivity contribution in [2.75, 3.05) is 26.2 Å². The molecule has 0 atom stereocenters. The lowest BCUT2D eigenvalue weighted by Gasteiger charge is -2.26. The third-order valence-electron chi connectivity index (χ3n) is 3.15. The van der Waals surface area contributed by atoms with Crippen LogP contribution in [0.5, 0.6) is 0 Å². The second kappa shape index (κ2) is 3.90. The average molecular weight is 221 g/mol. The number of oxazole rings is 1. The van der Waals surface area contributed by atoms with Gasteiger partial charge in [0.25, 0.3) is 5.91 Å². The van der Waals surface area contributed by atoms with Crippen molar-refractivity contribution in [2.45, 2.75) is 18.8 Å². The number of hydrogen-bond donors (Lipinski definition) is 1. The van der Waals surface area contributed by atoms with E-state index >= 15 is 0 Å². The van der Waals surface area contributed by atoms with Crippen LogP contribution in [0.1, 0.15) is 35.0 Å². The maximum atomic E-state index is 12.2. The number of piperazine rings is 1. The summed E-state index contributed by atoms with van der Waals surface area (Å²) >= 11 is 0. The van der Waals surface area contributed by atoms with Crippen LogP contribution in [0.4, 0.5) is 0 Å². The number of amides is 1. The molecule has 5 heteroatoms. The molecule has 1 aromatic heterocycles. The van der Waals surface area contributed by atoms with Crippen molar-refractivity contribution in [1.82, 2.24) is 15.2 Å². The first-order chi connectivity index (χ1) is 7.86. The molecule has 0 spiro atoms. The Bertz CT molecular complexity index is 392. The lowest BCUT2D eigenvalue weighted by molar-refractivity contribution is 0.0728. The fourth-order valence-electron chi connectivity index (χ4n) is 2.07. The predicted octanol–water partition coefficient (Wildman–Crippen LogP) is 0.597. The second-order valence-corrected chi connectivity index (χ2v) is 4.38. The molecule has 0 radical (unpaired) electrons. The van der Waals surface area contributed by atoms with Crippen LogP contribution in [0, 0.1) is 0 Å². The first-order valence-electron chi connectivity index (χ1n) is 5.79. The number of aromatic nitrogens is 1. The maximum absolute atomic E-state index is 12.2. The van der Waals surface area contributed by atoms with E-state index < -0.39 is 0 Å². The molecule has 1 aliphatic heterocycles. The molecule has 86 valence electrons. The fourth-order valence-corrected chi connectivity index (χ4v) is 2.07. The largest absolute Gasteiger partial charge is 0.447 e. The van der Waals surface area contributed by atoms with E-state index in [4.69, 9.17) is 4.42 Å². The highest BCUT2D eigenvalue weighted by atomic mass is 16.3. The molecule has 1 aromatic rings. The van der Waals surface area contributed by atoms with Gasteiger partial charge in [0.05, 0.1) is 0 Å². The molecule has 0 bridgehead atoms. The first-order valence-corrected chi connectivity index (χ1v) is 5.79. The summed E-state index contributed by atoms with van der Waals surface area (Å²) in [6.07, 6.45) is 3.64. The Kier molecular flexibility index (Phi) is 2.40. The van der Waals surface area contributed by atoms with Gasteiger partial charge in [-0.25, -0.2) is 4.98 Å². The summed E-state index contributed by atoms with van der Waals surface area (Å²) < 4.78 is 5.33. The molecule has 2 fully saturated rings. The van der Waals surface area contributed by atoms with E-state index in [9.17, 15) is 4.79 Å². The van der Waals surface area contributed by atoms with Gasteiger partial charge in [0.2, 0.25) is 0 Å². The number of hydrogen-bond acceptors (Lipinski definition) is 4. The molecule has 2 aliphatic rings. The molecular formula is C11H15N3O2. The minimum Gasteiger partial charge on any atom is -0.447 e. The molecule has 2 heterocycles. The topological polar surface area (TPSA) is 58.4 Å². The highest BCUT2D eigenvalue weighted by Gasteiger charge is 2.34.